The van der Waals surface area contributed by atoms with E-state index in [-0.39, 0.29) is 0 Å². The van der Waals surface area contributed by atoms with Crippen molar-refractivity contribution in [3.8, 4) is 23.1 Å². The minimum Gasteiger partial charge on any atom is -0.350 e. The molecule has 0 aliphatic carbocycles. The molecule has 4 aromatic heterocycles. The Morgan fingerprint density at radius 3 is 2.87 bits per heavy atom. The lowest BCUT2D eigenvalue weighted by Crippen LogP contribution is -2.50. The first kappa shape index (κ1) is 18.2. The molecule has 0 unspecified atom stereocenters. The molecule has 1 atom stereocenters. The molecule has 1 aliphatic rings. The summed E-state index contributed by atoms with van der Waals surface area (Å²) in [5.41, 5.74) is 3.79. The molecule has 0 spiro atoms. The second kappa shape index (κ2) is 7.54. The van der Waals surface area contributed by atoms with Crippen LogP contribution in [-0.2, 0) is 0 Å². The second-order valence-corrected chi connectivity index (χ2v) is 7.28. The molecular formula is C22H20N8. The van der Waals surface area contributed by atoms with Crippen molar-refractivity contribution in [3.05, 3.63) is 60.8 Å². The normalized spacial score (nSPS) is 16.5. The highest BCUT2D eigenvalue weighted by atomic mass is 15.3. The molecule has 8 heteroatoms. The Bertz CT molecular complexity index is 1240. The minimum atomic E-state index is 0.299. The number of piperazine rings is 1. The molecule has 1 fully saturated rings. The Labute approximate surface area is 173 Å². The standard InChI is InChI=1S/C22H20N8/c1-15-12-24-8-9-29(15)22-21-20(27-14-28-22)17(18-10-16(11-23)5-7-25-18)13-30(21)19-4-2-3-6-26-19/h2-7,10,13-15,24H,8-9,12H2,1H3/t15-/m0/s1. The topological polar surface area (TPSA) is 95.5 Å². The van der Waals surface area contributed by atoms with Crippen LogP contribution in [0.25, 0.3) is 28.1 Å². The van der Waals surface area contributed by atoms with Crippen LogP contribution < -0.4 is 10.2 Å². The van der Waals surface area contributed by atoms with E-state index in [2.05, 4.69) is 43.1 Å². The fraction of sp³-hybridized carbons (Fsp3) is 0.227. The first-order chi connectivity index (χ1) is 14.8. The molecule has 5 heterocycles. The molecule has 0 radical (unpaired) electrons. The van der Waals surface area contributed by atoms with Gasteiger partial charge in [-0.05, 0) is 31.2 Å². The van der Waals surface area contributed by atoms with Crippen molar-refractivity contribution in [2.24, 2.45) is 0 Å². The number of pyridine rings is 2. The van der Waals surface area contributed by atoms with Crippen LogP contribution in [0.1, 0.15) is 12.5 Å². The third-order valence-corrected chi connectivity index (χ3v) is 5.39. The van der Waals surface area contributed by atoms with Gasteiger partial charge in [-0.2, -0.15) is 5.26 Å². The fourth-order valence-corrected chi connectivity index (χ4v) is 3.92. The Morgan fingerprint density at radius 1 is 1.13 bits per heavy atom. The molecule has 0 amide bonds. The van der Waals surface area contributed by atoms with Gasteiger partial charge < -0.3 is 10.2 Å². The van der Waals surface area contributed by atoms with Gasteiger partial charge >= 0.3 is 0 Å². The van der Waals surface area contributed by atoms with E-state index in [4.69, 9.17) is 0 Å². The molecule has 148 valence electrons. The summed E-state index contributed by atoms with van der Waals surface area (Å²) in [5, 5.41) is 12.7. The lowest BCUT2D eigenvalue weighted by Gasteiger charge is -2.35. The summed E-state index contributed by atoms with van der Waals surface area (Å²) < 4.78 is 2.02. The highest BCUT2D eigenvalue weighted by Crippen LogP contribution is 2.35. The van der Waals surface area contributed by atoms with E-state index in [9.17, 15) is 5.26 Å². The highest BCUT2D eigenvalue weighted by Gasteiger charge is 2.25. The summed E-state index contributed by atoms with van der Waals surface area (Å²) in [6, 6.07) is 11.8. The largest absolute Gasteiger partial charge is 0.350 e. The van der Waals surface area contributed by atoms with E-state index in [1.54, 1.807) is 30.9 Å². The van der Waals surface area contributed by atoms with E-state index in [0.717, 1.165) is 47.9 Å². The molecule has 0 bridgehead atoms. The van der Waals surface area contributed by atoms with Crippen LogP contribution in [0.4, 0.5) is 5.82 Å². The second-order valence-electron chi connectivity index (χ2n) is 7.28. The summed E-state index contributed by atoms with van der Waals surface area (Å²) in [4.78, 5) is 20.6. The zero-order valence-electron chi connectivity index (χ0n) is 16.5. The molecule has 5 rings (SSSR count). The van der Waals surface area contributed by atoms with E-state index < -0.39 is 0 Å². The molecule has 8 nitrogen and oxygen atoms in total. The Kier molecular flexibility index (Phi) is 4.58. The van der Waals surface area contributed by atoms with Gasteiger partial charge in [-0.3, -0.25) is 9.55 Å². The van der Waals surface area contributed by atoms with E-state index in [1.807, 2.05) is 29.0 Å². The third-order valence-electron chi connectivity index (χ3n) is 5.39. The zero-order chi connectivity index (χ0) is 20.5. The van der Waals surface area contributed by atoms with Crippen LogP contribution in [0, 0.1) is 11.3 Å². The number of hydrogen-bond acceptors (Lipinski definition) is 7. The smallest absolute Gasteiger partial charge is 0.157 e. The van der Waals surface area contributed by atoms with Crippen molar-refractivity contribution in [2.45, 2.75) is 13.0 Å². The SMILES string of the molecule is C[C@H]1CNCCN1c1ncnc2c(-c3cc(C#N)ccn3)cn(-c3ccccn3)c12. The monoisotopic (exact) mass is 396 g/mol. The maximum Gasteiger partial charge on any atom is 0.157 e. The summed E-state index contributed by atoms with van der Waals surface area (Å²) in [6.07, 6.45) is 7.01. The molecule has 4 aromatic rings. The number of anilines is 1. The third kappa shape index (κ3) is 3.06. The predicted octanol–water partition coefficient (Wildman–Crippen LogP) is 2.55. The van der Waals surface area contributed by atoms with E-state index in [0.29, 0.717) is 17.3 Å². The summed E-state index contributed by atoms with van der Waals surface area (Å²) in [6.45, 7) is 4.85. The van der Waals surface area contributed by atoms with Gasteiger partial charge in [0.25, 0.3) is 0 Å². The highest BCUT2D eigenvalue weighted by molar-refractivity contribution is 5.98. The maximum absolute atomic E-state index is 9.32. The summed E-state index contributed by atoms with van der Waals surface area (Å²) in [7, 11) is 0. The average Bonchev–Trinajstić information content (AvgIpc) is 3.20. The van der Waals surface area contributed by atoms with Gasteiger partial charge in [0, 0.05) is 49.8 Å². The van der Waals surface area contributed by atoms with Crippen molar-refractivity contribution in [1.82, 2.24) is 29.8 Å². The minimum absolute atomic E-state index is 0.299. The van der Waals surface area contributed by atoms with Gasteiger partial charge in [0.1, 0.15) is 23.2 Å². The van der Waals surface area contributed by atoms with Crippen molar-refractivity contribution in [3.63, 3.8) is 0 Å². The van der Waals surface area contributed by atoms with Crippen LogP contribution in [0.2, 0.25) is 0 Å². The van der Waals surface area contributed by atoms with Crippen molar-refractivity contribution < 1.29 is 0 Å². The lowest BCUT2D eigenvalue weighted by molar-refractivity contribution is 0.498. The molecule has 0 aromatic carbocycles. The molecule has 1 saturated heterocycles. The molecule has 0 saturated carbocycles. The van der Waals surface area contributed by atoms with Crippen LogP contribution in [0.15, 0.2) is 55.2 Å². The first-order valence-electron chi connectivity index (χ1n) is 9.87. The number of aromatic nitrogens is 5. The van der Waals surface area contributed by atoms with Crippen molar-refractivity contribution >= 4 is 16.9 Å². The van der Waals surface area contributed by atoms with Crippen molar-refractivity contribution in [1.29, 1.82) is 5.26 Å². The Morgan fingerprint density at radius 2 is 2.07 bits per heavy atom. The quantitative estimate of drug-likeness (QED) is 0.568. The molecule has 1 N–H and O–H groups in total. The van der Waals surface area contributed by atoms with E-state index >= 15 is 0 Å². The van der Waals surface area contributed by atoms with E-state index in [1.165, 1.54) is 0 Å². The van der Waals surface area contributed by atoms with Gasteiger partial charge in [0.2, 0.25) is 0 Å². The first-order valence-corrected chi connectivity index (χ1v) is 9.87. The fourth-order valence-electron chi connectivity index (χ4n) is 3.92. The molecule has 1 aliphatic heterocycles. The number of nitrogens with one attached hydrogen (secondary N) is 1. The Hall–Kier alpha value is -3.83. The van der Waals surface area contributed by atoms with Crippen LogP contribution in [0.3, 0.4) is 0 Å². The van der Waals surface area contributed by atoms with Gasteiger partial charge in [0.15, 0.2) is 5.82 Å². The molecule has 30 heavy (non-hydrogen) atoms. The number of nitriles is 1. The average molecular weight is 396 g/mol. The number of hydrogen-bond donors (Lipinski definition) is 1. The summed E-state index contributed by atoms with van der Waals surface area (Å²) >= 11 is 0. The Balaban J connectivity index is 1.79. The molecular weight excluding hydrogens is 376 g/mol. The van der Waals surface area contributed by atoms with Crippen LogP contribution in [0.5, 0.6) is 0 Å². The summed E-state index contributed by atoms with van der Waals surface area (Å²) in [5.74, 6) is 1.66. The predicted molar refractivity (Wildman–Crippen MR) is 114 cm³/mol. The number of nitrogens with zero attached hydrogens (tertiary/aromatic N) is 7. The van der Waals surface area contributed by atoms with Gasteiger partial charge in [0.05, 0.1) is 17.3 Å². The van der Waals surface area contributed by atoms with Gasteiger partial charge in [-0.15, -0.1) is 0 Å². The van der Waals surface area contributed by atoms with Crippen molar-refractivity contribution in [2.75, 3.05) is 24.5 Å². The van der Waals surface area contributed by atoms with Gasteiger partial charge in [-0.25, -0.2) is 15.0 Å². The van der Waals surface area contributed by atoms with Crippen LogP contribution in [-0.4, -0.2) is 50.2 Å². The zero-order valence-corrected chi connectivity index (χ0v) is 16.5. The number of fused-ring (bicyclic) bond motifs is 1. The maximum atomic E-state index is 9.32. The lowest BCUT2D eigenvalue weighted by atomic mass is 10.1. The van der Waals surface area contributed by atoms with Crippen LogP contribution >= 0.6 is 0 Å². The van der Waals surface area contributed by atoms with Gasteiger partial charge in [-0.1, -0.05) is 6.07 Å². The number of rotatable bonds is 3.